The maximum Gasteiger partial charge on any atom is 0.321 e. The fraction of sp³-hybridized carbons (Fsp3) is 0.667. The lowest BCUT2D eigenvalue weighted by molar-refractivity contribution is -0.385. The predicted molar refractivity (Wildman–Crippen MR) is 58.7 cm³/mol. The van der Waals surface area contributed by atoms with E-state index in [-0.39, 0.29) is 5.69 Å². The normalized spacial score (nSPS) is 17.9. The summed E-state index contributed by atoms with van der Waals surface area (Å²) in [4.78, 5) is 10.2. The van der Waals surface area contributed by atoms with Crippen molar-refractivity contribution < 1.29 is 4.92 Å². The maximum atomic E-state index is 10.6. The van der Waals surface area contributed by atoms with Crippen LogP contribution in [0.1, 0.15) is 38.1 Å². The number of hydrogen-bond donors (Lipinski definition) is 0. The van der Waals surface area contributed by atoms with Crippen LogP contribution in [0.3, 0.4) is 0 Å². The molecule has 1 aromatic rings. The number of nitro groups is 1. The molecule has 0 unspecified atom stereocenters. The molecule has 0 aliphatic heterocycles. The Bertz CT molecular complexity index is 371. The summed E-state index contributed by atoms with van der Waals surface area (Å²) in [6.45, 7) is 0. The first-order chi connectivity index (χ1) is 7.18. The third-order valence-electron chi connectivity index (χ3n) is 2.81. The average molecular weight is 274 g/mol. The van der Waals surface area contributed by atoms with Crippen molar-refractivity contribution in [3.05, 3.63) is 20.9 Å². The minimum atomic E-state index is -0.406. The number of halogens is 1. The molecule has 1 aromatic heterocycles. The van der Waals surface area contributed by atoms with E-state index >= 15 is 0 Å². The molecule has 1 aliphatic carbocycles. The van der Waals surface area contributed by atoms with Crippen LogP contribution >= 0.6 is 15.9 Å². The third kappa shape index (κ3) is 2.19. The second kappa shape index (κ2) is 4.30. The summed E-state index contributed by atoms with van der Waals surface area (Å²) < 4.78 is 2.07. The Balaban J connectivity index is 2.21. The van der Waals surface area contributed by atoms with Crippen molar-refractivity contribution in [1.82, 2.24) is 9.78 Å². The summed E-state index contributed by atoms with van der Waals surface area (Å²) in [5, 5.41) is 14.8. The van der Waals surface area contributed by atoms with E-state index in [4.69, 9.17) is 0 Å². The summed E-state index contributed by atoms with van der Waals surface area (Å²) in [6.07, 6.45) is 7.32. The van der Waals surface area contributed by atoms with E-state index in [1.807, 2.05) is 0 Å². The fourth-order valence-corrected chi connectivity index (χ4v) is 2.45. The van der Waals surface area contributed by atoms with Crippen molar-refractivity contribution in [3.63, 3.8) is 0 Å². The van der Waals surface area contributed by atoms with Crippen molar-refractivity contribution in [2.45, 2.75) is 38.1 Å². The Morgan fingerprint density at radius 2 is 2.13 bits per heavy atom. The van der Waals surface area contributed by atoms with Gasteiger partial charge in [0.05, 0.1) is 11.0 Å². The minimum Gasteiger partial charge on any atom is -0.261 e. The predicted octanol–water partition coefficient (Wildman–Crippen LogP) is 3.06. The quantitative estimate of drug-likeness (QED) is 0.615. The lowest BCUT2D eigenvalue weighted by atomic mass is 9.96. The molecule has 82 valence electrons. The maximum absolute atomic E-state index is 10.6. The van der Waals surface area contributed by atoms with Gasteiger partial charge in [0.25, 0.3) is 0 Å². The number of nitrogens with zero attached hydrogens (tertiary/aromatic N) is 3. The molecule has 0 spiro atoms. The highest BCUT2D eigenvalue weighted by Gasteiger charge is 2.22. The van der Waals surface area contributed by atoms with Gasteiger partial charge in [-0.3, -0.25) is 14.8 Å². The van der Waals surface area contributed by atoms with Crippen LogP contribution in [0.4, 0.5) is 5.69 Å². The van der Waals surface area contributed by atoms with Gasteiger partial charge in [-0.25, -0.2) is 0 Å². The van der Waals surface area contributed by atoms with Crippen LogP contribution in [-0.4, -0.2) is 14.7 Å². The Hall–Kier alpha value is -0.910. The van der Waals surface area contributed by atoms with Crippen molar-refractivity contribution in [2.24, 2.45) is 0 Å². The van der Waals surface area contributed by atoms with Gasteiger partial charge >= 0.3 is 5.69 Å². The summed E-state index contributed by atoms with van der Waals surface area (Å²) in [6, 6.07) is 0.337. The Morgan fingerprint density at radius 1 is 1.47 bits per heavy atom. The van der Waals surface area contributed by atoms with Crippen LogP contribution in [0.25, 0.3) is 0 Å². The van der Waals surface area contributed by atoms with Gasteiger partial charge in [0.15, 0.2) is 0 Å². The summed E-state index contributed by atoms with van der Waals surface area (Å²) in [5.74, 6) is 0. The smallest absolute Gasteiger partial charge is 0.261 e. The van der Waals surface area contributed by atoms with Gasteiger partial charge in [-0.05, 0) is 28.8 Å². The van der Waals surface area contributed by atoms with Gasteiger partial charge < -0.3 is 0 Å². The second-order valence-corrected chi connectivity index (χ2v) is 4.59. The van der Waals surface area contributed by atoms with Crippen LogP contribution < -0.4 is 0 Å². The molecule has 1 saturated carbocycles. The molecule has 0 N–H and O–H groups in total. The molecule has 0 aromatic carbocycles. The van der Waals surface area contributed by atoms with Crippen molar-refractivity contribution in [1.29, 1.82) is 0 Å². The largest absolute Gasteiger partial charge is 0.321 e. The summed E-state index contributed by atoms with van der Waals surface area (Å²) in [5.41, 5.74) is 0.0561. The van der Waals surface area contributed by atoms with E-state index in [1.54, 1.807) is 4.68 Å². The standard InChI is InChI=1S/C9H12BrN3O2/c10-9-8(13(14)15)6-12(11-9)7-4-2-1-3-5-7/h6-7H,1-5H2. The zero-order chi connectivity index (χ0) is 10.8. The summed E-state index contributed by atoms with van der Waals surface area (Å²) in [7, 11) is 0. The van der Waals surface area contributed by atoms with Gasteiger partial charge in [0.2, 0.25) is 4.60 Å². The zero-order valence-electron chi connectivity index (χ0n) is 8.23. The van der Waals surface area contributed by atoms with Crippen LogP contribution in [-0.2, 0) is 0 Å². The molecule has 1 aliphatic rings. The Morgan fingerprint density at radius 3 is 2.67 bits per heavy atom. The molecule has 1 fully saturated rings. The average Bonchev–Trinajstić information content (AvgIpc) is 2.62. The van der Waals surface area contributed by atoms with E-state index < -0.39 is 4.92 Å². The Labute approximate surface area is 95.7 Å². The number of rotatable bonds is 2. The molecule has 6 heteroatoms. The van der Waals surface area contributed by atoms with Crippen molar-refractivity contribution >= 4 is 21.6 Å². The number of aromatic nitrogens is 2. The van der Waals surface area contributed by atoms with E-state index in [2.05, 4.69) is 21.0 Å². The van der Waals surface area contributed by atoms with E-state index in [0.717, 1.165) is 12.8 Å². The third-order valence-corrected chi connectivity index (χ3v) is 3.38. The van der Waals surface area contributed by atoms with Crippen LogP contribution in [0.5, 0.6) is 0 Å². The fourth-order valence-electron chi connectivity index (χ4n) is 2.02. The first-order valence-electron chi connectivity index (χ1n) is 5.07. The first kappa shape index (κ1) is 10.6. The highest BCUT2D eigenvalue weighted by atomic mass is 79.9. The van der Waals surface area contributed by atoms with Crippen molar-refractivity contribution in [2.75, 3.05) is 0 Å². The molecule has 0 amide bonds. The molecule has 1 heterocycles. The van der Waals surface area contributed by atoms with Gasteiger partial charge in [-0.1, -0.05) is 19.3 Å². The number of hydrogen-bond acceptors (Lipinski definition) is 3. The molecule has 0 saturated heterocycles. The first-order valence-corrected chi connectivity index (χ1v) is 5.87. The molecule has 5 nitrogen and oxygen atoms in total. The Kier molecular flexibility index (Phi) is 3.04. The topological polar surface area (TPSA) is 61.0 Å². The molecular weight excluding hydrogens is 262 g/mol. The minimum absolute atomic E-state index is 0.0561. The van der Waals surface area contributed by atoms with Gasteiger partial charge in [-0.15, -0.1) is 0 Å². The monoisotopic (exact) mass is 273 g/mol. The van der Waals surface area contributed by atoms with Crippen molar-refractivity contribution in [3.8, 4) is 0 Å². The molecular formula is C9H12BrN3O2. The van der Waals surface area contributed by atoms with Crippen LogP contribution in [0.15, 0.2) is 10.8 Å². The van der Waals surface area contributed by atoms with E-state index in [9.17, 15) is 10.1 Å². The van der Waals surface area contributed by atoms with Gasteiger partial charge in [0, 0.05) is 0 Å². The zero-order valence-corrected chi connectivity index (χ0v) is 9.81. The molecule has 2 rings (SSSR count). The molecule has 0 radical (unpaired) electrons. The van der Waals surface area contributed by atoms with Crippen LogP contribution in [0.2, 0.25) is 0 Å². The second-order valence-electron chi connectivity index (χ2n) is 3.83. The highest BCUT2D eigenvalue weighted by molar-refractivity contribution is 9.10. The lowest BCUT2D eigenvalue weighted by Gasteiger charge is -2.21. The molecule has 0 bridgehead atoms. The highest BCUT2D eigenvalue weighted by Crippen LogP contribution is 2.31. The molecule has 15 heavy (non-hydrogen) atoms. The van der Waals surface area contributed by atoms with Crippen LogP contribution in [0, 0.1) is 10.1 Å². The summed E-state index contributed by atoms with van der Waals surface area (Å²) >= 11 is 3.11. The molecule has 0 atom stereocenters. The van der Waals surface area contributed by atoms with E-state index in [1.165, 1.54) is 25.5 Å². The van der Waals surface area contributed by atoms with Gasteiger partial charge in [-0.2, -0.15) is 5.10 Å². The van der Waals surface area contributed by atoms with E-state index in [0.29, 0.717) is 10.6 Å². The lowest BCUT2D eigenvalue weighted by Crippen LogP contribution is -2.13. The SMILES string of the molecule is O=[N+]([O-])c1cn(C2CCCCC2)nc1Br. The van der Waals surface area contributed by atoms with Gasteiger partial charge in [0.1, 0.15) is 6.20 Å².